The summed E-state index contributed by atoms with van der Waals surface area (Å²) in [6, 6.07) is 16.5. The highest BCUT2D eigenvalue weighted by Gasteiger charge is 2.26. The highest BCUT2D eigenvalue weighted by atomic mass is 32.1. The lowest BCUT2D eigenvalue weighted by Gasteiger charge is -2.32. The second-order valence-corrected chi connectivity index (χ2v) is 9.22. The molecule has 0 bridgehead atoms. The Kier molecular flexibility index (Phi) is 6.60. The van der Waals surface area contributed by atoms with Gasteiger partial charge in [-0.25, -0.2) is 0 Å². The van der Waals surface area contributed by atoms with Crippen LogP contribution in [-0.2, 0) is 13.1 Å². The number of aryl methyl sites for hydroxylation is 2. The van der Waals surface area contributed by atoms with Crippen LogP contribution in [0.5, 0.6) is 0 Å². The van der Waals surface area contributed by atoms with Crippen molar-refractivity contribution in [3.05, 3.63) is 86.9 Å². The van der Waals surface area contributed by atoms with Crippen molar-refractivity contribution in [2.24, 2.45) is 0 Å². The molecule has 0 aliphatic carbocycles. The van der Waals surface area contributed by atoms with Crippen molar-refractivity contribution in [2.75, 3.05) is 13.1 Å². The van der Waals surface area contributed by atoms with Crippen LogP contribution in [0.15, 0.2) is 53.9 Å². The minimum Gasteiger partial charge on any atom is -0.348 e. The van der Waals surface area contributed by atoms with E-state index in [2.05, 4.69) is 58.9 Å². The normalized spacial score (nSPS) is 15.3. The predicted octanol–water partition coefficient (Wildman–Crippen LogP) is 5.07. The lowest BCUT2D eigenvalue weighted by Crippen LogP contribution is -2.33. The van der Waals surface area contributed by atoms with Crippen molar-refractivity contribution in [3.8, 4) is 0 Å². The molecule has 3 heterocycles. The molecule has 0 saturated carbocycles. The summed E-state index contributed by atoms with van der Waals surface area (Å²) in [4.78, 5) is 21.7. The predicted molar refractivity (Wildman–Crippen MR) is 123 cm³/mol. The van der Waals surface area contributed by atoms with Crippen molar-refractivity contribution in [2.45, 2.75) is 45.7 Å². The summed E-state index contributed by atoms with van der Waals surface area (Å²) in [6.45, 7) is 7.72. The number of carbonyl (C=O) groups excluding carboxylic acids is 1. The molecular weight excluding hydrogens is 390 g/mol. The Morgan fingerprint density at radius 1 is 1.10 bits per heavy atom. The molecule has 1 aliphatic rings. The van der Waals surface area contributed by atoms with E-state index in [0.29, 0.717) is 12.5 Å². The molecule has 0 unspecified atom stereocenters. The smallest absolute Gasteiger partial charge is 0.253 e. The zero-order chi connectivity index (χ0) is 20.9. The van der Waals surface area contributed by atoms with Gasteiger partial charge in [0.2, 0.25) is 0 Å². The molecule has 3 aromatic rings. The summed E-state index contributed by atoms with van der Waals surface area (Å²) in [5.41, 5.74) is 5.00. The molecule has 1 aromatic carbocycles. The van der Waals surface area contributed by atoms with Crippen LogP contribution in [0, 0.1) is 13.8 Å². The van der Waals surface area contributed by atoms with Crippen molar-refractivity contribution in [1.29, 1.82) is 0 Å². The lowest BCUT2D eigenvalue weighted by atomic mass is 9.89. The maximum Gasteiger partial charge on any atom is 0.253 e. The fourth-order valence-electron chi connectivity index (χ4n) is 4.05. The molecule has 1 aliphatic heterocycles. The van der Waals surface area contributed by atoms with Gasteiger partial charge in [-0.15, -0.1) is 11.3 Å². The fourth-order valence-corrected chi connectivity index (χ4v) is 4.80. The summed E-state index contributed by atoms with van der Waals surface area (Å²) in [5.74, 6) is 0.309. The Morgan fingerprint density at radius 3 is 2.57 bits per heavy atom. The SMILES string of the molecule is Cc1ccc(CNC(=O)c2ccc(C)nc2C2CCN(Cc3cccs3)CC2)cc1. The second-order valence-electron chi connectivity index (χ2n) is 8.18. The molecule has 1 saturated heterocycles. The van der Waals surface area contributed by atoms with Crippen LogP contribution >= 0.6 is 11.3 Å². The van der Waals surface area contributed by atoms with Gasteiger partial charge >= 0.3 is 0 Å². The average Bonchev–Trinajstić information content (AvgIpc) is 3.27. The molecule has 1 fully saturated rings. The van der Waals surface area contributed by atoms with Crippen LogP contribution in [-0.4, -0.2) is 28.9 Å². The quantitative estimate of drug-likeness (QED) is 0.607. The summed E-state index contributed by atoms with van der Waals surface area (Å²) < 4.78 is 0. The van der Waals surface area contributed by atoms with Crippen molar-refractivity contribution >= 4 is 17.2 Å². The third kappa shape index (κ3) is 5.15. The third-order valence-electron chi connectivity index (χ3n) is 5.82. The number of hydrogen-bond donors (Lipinski definition) is 1. The molecule has 2 aromatic heterocycles. The second kappa shape index (κ2) is 9.54. The van der Waals surface area contributed by atoms with Crippen LogP contribution in [0.2, 0.25) is 0 Å². The van der Waals surface area contributed by atoms with Gasteiger partial charge in [-0.3, -0.25) is 14.7 Å². The minimum atomic E-state index is -0.0286. The van der Waals surface area contributed by atoms with Crippen molar-refractivity contribution in [1.82, 2.24) is 15.2 Å². The minimum absolute atomic E-state index is 0.0286. The number of thiophene rings is 1. The maximum atomic E-state index is 13.0. The van der Waals surface area contributed by atoms with Gasteiger partial charge in [0.15, 0.2) is 0 Å². The third-order valence-corrected chi connectivity index (χ3v) is 6.68. The van der Waals surface area contributed by atoms with Gasteiger partial charge in [-0.05, 0) is 68.9 Å². The van der Waals surface area contributed by atoms with Gasteiger partial charge in [-0.1, -0.05) is 35.9 Å². The Labute approximate surface area is 183 Å². The first-order valence-corrected chi connectivity index (χ1v) is 11.5. The average molecular weight is 420 g/mol. The molecule has 156 valence electrons. The van der Waals surface area contributed by atoms with Crippen LogP contribution in [0.3, 0.4) is 0 Å². The van der Waals surface area contributed by atoms with Gasteiger partial charge in [0.1, 0.15) is 0 Å². The molecule has 5 heteroatoms. The number of likely N-dealkylation sites (tertiary alicyclic amines) is 1. The van der Waals surface area contributed by atoms with Gasteiger partial charge in [0.05, 0.1) is 11.3 Å². The molecule has 4 nitrogen and oxygen atoms in total. The number of carbonyl (C=O) groups is 1. The first-order valence-electron chi connectivity index (χ1n) is 10.6. The number of nitrogens with zero attached hydrogens (tertiary/aromatic N) is 2. The molecule has 0 spiro atoms. The van der Waals surface area contributed by atoms with Gasteiger partial charge < -0.3 is 5.32 Å². The van der Waals surface area contributed by atoms with E-state index in [0.717, 1.165) is 55.0 Å². The molecule has 0 radical (unpaired) electrons. The summed E-state index contributed by atoms with van der Waals surface area (Å²) in [5, 5.41) is 5.22. The summed E-state index contributed by atoms with van der Waals surface area (Å²) in [6.07, 6.45) is 2.08. The first-order chi connectivity index (χ1) is 14.6. The zero-order valence-corrected chi connectivity index (χ0v) is 18.5. The molecule has 0 atom stereocenters. The van der Waals surface area contributed by atoms with E-state index >= 15 is 0 Å². The number of amides is 1. The molecule has 1 N–H and O–H groups in total. The Bertz CT molecular complexity index is 974. The largest absolute Gasteiger partial charge is 0.348 e. The summed E-state index contributed by atoms with van der Waals surface area (Å²) in [7, 11) is 0. The Hall–Kier alpha value is -2.50. The number of nitrogens with one attached hydrogen (secondary N) is 1. The Morgan fingerprint density at radius 2 is 1.87 bits per heavy atom. The van der Waals surface area contributed by atoms with Gasteiger partial charge in [0.25, 0.3) is 5.91 Å². The van der Waals surface area contributed by atoms with E-state index in [4.69, 9.17) is 4.98 Å². The highest BCUT2D eigenvalue weighted by molar-refractivity contribution is 7.09. The van der Waals surface area contributed by atoms with E-state index in [-0.39, 0.29) is 5.91 Å². The monoisotopic (exact) mass is 419 g/mol. The van der Waals surface area contributed by atoms with Crippen LogP contribution in [0.4, 0.5) is 0 Å². The topological polar surface area (TPSA) is 45.2 Å². The van der Waals surface area contributed by atoms with Crippen LogP contribution < -0.4 is 5.32 Å². The number of benzene rings is 1. The van der Waals surface area contributed by atoms with Crippen molar-refractivity contribution in [3.63, 3.8) is 0 Å². The molecule has 30 heavy (non-hydrogen) atoms. The van der Waals surface area contributed by atoms with Crippen molar-refractivity contribution < 1.29 is 4.79 Å². The van der Waals surface area contributed by atoms with E-state index in [1.807, 2.05) is 30.4 Å². The number of piperidine rings is 1. The van der Waals surface area contributed by atoms with Crippen LogP contribution in [0.25, 0.3) is 0 Å². The van der Waals surface area contributed by atoms with Gasteiger partial charge in [-0.2, -0.15) is 0 Å². The highest BCUT2D eigenvalue weighted by Crippen LogP contribution is 2.30. The van der Waals surface area contributed by atoms with E-state index in [1.54, 1.807) is 0 Å². The number of hydrogen-bond acceptors (Lipinski definition) is 4. The van der Waals surface area contributed by atoms with E-state index in [9.17, 15) is 4.79 Å². The first kappa shape index (κ1) is 20.8. The Balaban J connectivity index is 1.41. The molecule has 1 amide bonds. The van der Waals surface area contributed by atoms with Gasteiger partial charge in [0, 0.05) is 29.6 Å². The fraction of sp³-hybridized carbons (Fsp3) is 0.360. The van der Waals surface area contributed by atoms with Crippen LogP contribution in [0.1, 0.15) is 56.5 Å². The standard InChI is InChI=1S/C25H29N3OS/c1-18-5-8-20(9-6-18)16-26-25(29)23-10-7-19(2)27-24(23)21-11-13-28(14-12-21)17-22-4-3-15-30-22/h3-10,15,21H,11-14,16-17H2,1-2H3,(H,26,29). The summed E-state index contributed by atoms with van der Waals surface area (Å²) >= 11 is 1.82. The maximum absolute atomic E-state index is 13.0. The lowest BCUT2D eigenvalue weighted by molar-refractivity contribution is 0.0948. The number of aromatic nitrogens is 1. The number of rotatable bonds is 6. The number of pyridine rings is 1. The molecule has 4 rings (SSSR count). The van der Waals surface area contributed by atoms with E-state index < -0.39 is 0 Å². The zero-order valence-electron chi connectivity index (χ0n) is 17.7. The molecular formula is C25H29N3OS. The van der Waals surface area contributed by atoms with E-state index in [1.165, 1.54) is 10.4 Å².